The Morgan fingerprint density at radius 1 is 1.21 bits per heavy atom. The van der Waals surface area contributed by atoms with Crippen molar-refractivity contribution in [2.24, 2.45) is 0 Å². The maximum Gasteiger partial charge on any atom is 0.471 e. The molecule has 130 valence electrons. The van der Waals surface area contributed by atoms with Gasteiger partial charge in [-0.2, -0.15) is 18.2 Å². The molecule has 0 aliphatic heterocycles. The van der Waals surface area contributed by atoms with E-state index in [9.17, 15) is 18.0 Å². The third kappa shape index (κ3) is 5.36. The van der Waals surface area contributed by atoms with E-state index < -0.39 is 12.1 Å². The van der Waals surface area contributed by atoms with Crippen LogP contribution < -0.4 is 5.32 Å². The zero-order valence-electron chi connectivity index (χ0n) is 13.2. The minimum atomic E-state index is -4.63. The number of rotatable bonds is 7. The molecule has 0 saturated heterocycles. The molecule has 1 heterocycles. The largest absolute Gasteiger partial charge is 0.471 e. The van der Waals surface area contributed by atoms with Gasteiger partial charge in [-0.25, -0.2) is 0 Å². The van der Waals surface area contributed by atoms with Gasteiger partial charge in [0.1, 0.15) is 0 Å². The third-order valence-electron chi connectivity index (χ3n) is 3.41. The first-order valence-corrected chi connectivity index (χ1v) is 7.67. The lowest BCUT2D eigenvalue weighted by Gasteiger charge is -2.05. The van der Waals surface area contributed by atoms with E-state index in [0.29, 0.717) is 12.8 Å². The Kier molecular flexibility index (Phi) is 5.94. The topological polar surface area (TPSA) is 68.0 Å². The number of anilines is 1. The fourth-order valence-corrected chi connectivity index (χ4v) is 2.09. The summed E-state index contributed by atoms with van der Waals surface area (Å²) in [6.07, 6.45) is -2.16. The van der Waals surface area contributed by atoms with Gasteiger partial charge in [0.05, 0.1) is 0 Å². The highest BCUT2D eigenvalue weighted by Gasteiger charge is 2.38. The first kappa shape index (κ1) is 18.0. The van der Waals surface area contributed by atoms with Gasteiger partial charge in [-0.05, 0) is 37.0 Å². The van der Waals surface area contributed by atoms with E-state index in [-0.39, 0.29) is 24.6 Å². The van der Waals surface area contributed by atoms with E-state index in [1.807, 2.05) is 24.3 Å². The number of aromatic nitrogens is 2. The molecule has 1 N–H and O–H groups in total. The van der Waals surface area contributed by atoms with Crippen molar-refractivity contribution in [2.75, 3.05) is 5.32 Å². The highest BCUT2D eigenvalue weighted by Crippen LogP contribution is 2.27. The first-order chi connectivity index (χ1) is 11.4. The number of unbranched alkanes of at least 4 members (excludes halogenated alkanes) is 1. The fourth-order valence-electron chi connectivity index (χ4n) is 2.09. The summed E-state index contributed by atoms with van der Waals surface area (Å²) in [6, 6.07) is 7.58. The zero-order valence-corrected chi connectivity index (χ0v) is 13.2. The van der Waals surface area contributed by atoms with Crippen LogP contribution in [-0.4, -0.2) is 16.0 Å². The lowest BCUT2D eigenvalue weighted by molar-refractivity contribution is -0.159. The quantitative estimate of drug-likeness (QED) is 0.773. The molecule has 2 aromatic rings. The number of carbonyl (C=O) groups excluding carboxylic acids is 1. The molecule has 8 heteroatoms. The van der Waals surface area contributed by atoms with E-state index in [4.69, 9.17) is 0 Å². The molecule has 1 amide bonds. The molecule has 0 aliphatic rings. The van der Waals surface area contributed by atoms with Crippen molar-refractivity contribution in [3.63, 3.8) is 0 Å². The first-order valence-electron chi connectivity index (χ1n) is 7.67. The highest BCUT2D eigenvalue weighted by molar-refractivity contribution is 5.90. The Bertz CT molecular complexity index is 666. The summed E-state index contributed by atoms with van der Waals surface area (Å²) in [5.74, 6) is -1.48. The van der Waals surface area contributed by atoms with Crippen molar-refractivity contribution in [1.29, 1.82) is 0 Å². The van der Waals surface area contributed by atoms with Crippen molar-refractivity contribution in [2.45, 2.75) is 45.2 Å². The smallest absolute Gasteiger partial charge is 0.329 e. The number of amides is 1. The number of nitrogens with zero attached hydrogens (tertiary/aromatic N) is 2. The standard InChI is InChI=1S/C16H18F3N3O2/c1-2-11-7-9-12(10-8-11)20-14(23)6-4-3-5-13-21-15(24-22-13)16(17,18)19/h7-10H,2-6H2,1H3,(H,20,23). The summed E-state index contributed by atoms with van der Waals surface area (Å²) in [6.45, 7) is 2.05. The molecular formula is C16H18F3N3O2. The number of alkyl halides is 3. The van der Waals surface area contributed by atoms with Gasteiger partial charge >= 0.3 is 12.1 Å². The molecule has 0 atom stereocenters. The van der Waals surface area contributed by atoms with E-state index >= 15 is 0 Å². The molecule has 0 spiro atoms. The number of aryl methyl sites for hydroxylation is 2. The van der Waals surface area contributed by atoms with Crippen LogP contribution in [0.3, 0.4) is 0 Å². The van der Waals surface area contributed by atoms with Crippen molar-refractivity contribution in [3.05, 3.63) is 41.5 Å². The van der Waals surface area contributed by atoms with Crippen LogP contribution in [0.5, 0.6) is 0 Å². The minimum Gasteiger partial charge on any atom is -0.329 e. The Morgan fingerprint density at radius 3 is 2.50 bits per heavy atom. The zero-order chi connectivity index (χ0) is 17.6. The summed E-state index contributed by atoms with van der Waals surface area (Å²) in [5, 5.41) is 6.06. The van der Waals surface area contributed by atoms with Gasteiger partial charge in [0.2, 0.25) is 5.91 Å². The lowest BCUT2D eigenvalue weighted by Crippen LogP contribution is -2.11. The molecule has 0 radical (unpaired) electrons. The number of nitrogens with one attached hydrogen (secondary N) is 1. The van der Waals surface area contributed by atoms with Gasteiger partial charge < -0.3 is 9.84 Å². The summed E-state index contributed by atoms with van der Waals surface area (Å²) in [7, 11) is 0. The lowest BCUT2D eigenvalue weighted by atomic mass is 10.1. The van der Waals surface area contributed by atoms with Crippen LogP contribution in [0.2, 0.25) is 0 Å². The average molecular weight is 341 g/mol. The number of hydrogen-bond donors (Lipinski definition) is 1. The Morgan fingerprint density at radius 2 is 1.92 bits per heavy atom. The molecule has 0 fully saturated rings. The summed E-state index contributed by atoms with van der Waals surface area (Å²) in [4.78, 5) is 15.1. The van der Waals surface area contributed by atoms with Crippen molar-refractivity contribution >= 4 is 11.6 Å². The SMILES string of the molecule is CCc1ccc(NC(=O)CCCCc2noc(C(F)(F)F)n2)cc1. The molecule has 2 rings (SSSR count). The van der Waals surface area contributed by atoms with Crippen LogP contribution in [0.4, 0.5) is 18.9 Å². The number of carbonyl (C=O) groups is 1. The molecule has 0 unspecified atom stereocenters. The van der Waals surface area contributed by atoms with Crippen molar-refractivity contribution in [3.8, 4) is 0 Å². The van der Waals surface area contributed by atoms with Gasteiger partial charge in [0, 0.05) is 18.5 Å². The van der Waals surface area contributed by atoms with Gasteiger partial charge in [-0.15, -0.1) is 0 Å². The van der Waals surface area contributed by atoms with Gasteiger partial charge in [0.25, 0.3) is 0 Å². The van der Waals surface area contributed by atoms with E-state index in [2.05, 4.69) is 26.9 Å². The molecular weight excluding hydrogens is 323 g/mol. The number of hydrogen-bond acceptors (Lipinski definition) is 4. The Balaban J connectivity index is 1.69. The second-order valence-electron chi connectivity index (χ2n) is 5.32. The van der Waals surface area contributed by atoms with Gasteiger partial charge in [-0.3, -0.25) is 4.79 Å². The van der Waals surface area contributed by atoms with Crippen LogP contribution in [0.1, 0.15) is 43.5 Å². The second-order valence-corrected chi connectivity index (χ2v) is 5.32. The average Bonchev–Trinajstić information content (AvgIpc) is 3.01. The molecule has 5 nitrogen and oxygen atoms in total. The second kappa shape index (κ2) is 7.94. The fraction of sp³-hybridized carbons (Fsp3) is 0.438. The van der Waals surface area contributed by atoms with Crippen LogP contribution in [0.25, 0.3) is 0 Å². The van der Waals surface area contributed by atoms with E-state index in [1.54, 1.807) is 0 Å². The molecule has 24 heavy (non-hydrogen) atoms. The van der Waals surface area contributed by atoms with Gasteiger partial charge in [0.15, 0.2) is 5.82 Å². The molecule has 0 aliphatic carbocycles. The normalized spacial score (nSPS) is 11.5. The molecule has 0 bridgehead atoms. The third-order valence-corrected chi connectivity index (χ3v) is 3.41. The van der Waals surface area contributed by atoms with Gasteiger partial charge in [-0.1, -0.05) is 24.2 Å². The summed E-state index contributed by atoms with van der Waals surface area (Å²) < 4.78 is 41.0. The maximum absolute atomic E-state index is 12.3. The molecule has 1 aromatic heterocycles. The van der Waals surface area contributed by atoms with Crippen LogP contribution in [0.15, 0.2) is 28.8 Å². The van der Waals surface area contributed by atoms with Crippen LogP contribution >= 0.6 is 0 Å². The van der Waals surface area contributed by atoms with Crippen molar-refractivity contribution < 1.29 is 22.5 Å². The predicted octanol–water partition coefficient (Wildman–Crippen LogP) is 4.00. The van der Waals surface area contributed by atoms with Crippen LogP contribution in [-0.2, 0) is 23.8 Å². The summed E-state index contributed by atoms with van der Waals surface area (Å²) >= 11 is 0. The highest BCUT2D eigenvalue weighted by atomic mass is 19.4. The number of halogens is 3. The number of benzene rings is 1. The molecule has 0 saturated carbocycles. The predicted molar refractivity (Wildman–Crippen MR) is 81.3 cm³/mol. The minimum absolute atomic E-state index is 0.00196. The van der Waals surface area contributed by atoms with E-state index in [0.717, 1.165) is 12.1 Å². The van der Waals surface area contributed by atoms with E-state index in [1.165, 1.54) is 5.56 Å². The Hall–Kier alpha value is -2.38. The molecule has 1 aromatic carbocycles. The summed E-state index contributed by atoms with van der Waals surface area (Å²) in [5.41, 5.74) is 1.91. The monoisotopic (exact) mass is 341 g/mol. The Labute approximate surface area is 137 Å². The van der Waals surface area contributed by atoms with Crippen LogP contribution in [0, 0.1) is 0 Å². The van der Waals surface area contributed by atoms with Crippen molar-refractivity contribution in [1.82, 2.24) is 10.1 Å². The maximum atomic E-state index is 12.3.